The van der Waals surface area contributed by atoms with E-state index in [2.05, 4.69) is 39.1 Å². The van der Waals surface area contributed by atoms with Crippen molar-refractivity contribution in [1.29, 1.82) is 0 Å². The van der Waals surface area contributed by atoms with Gasteiger partial charge in [-0.15, -0.1) is 0 Å². The van der Waals surface area contributed by atoms with Gasteiger partial charge in [-0.25, -0.2) is 0 Å². The number of carbonyl (C=O) groups excluding carboxylic acids is 1. The van der Waals surface area contributed by atoms with E-state index in [0.717, 1.165) is 32.7 Å². The minimum absolute atomic E-state index is 0.147. The Labute approximate surface area is 183 Å². The topological polar surface area (TPSA) is 66.1 Å². The molecule has 0 atom stereocenters. The Morgan fingerprint density at radius 1 is 0.968 bits per heavy atom. The second kappa shape index (κ2) is 8.53. The van der Waals surface area contributed by atoms with Crippen molar-refractivity contribution in [1.82, 2.24) is 9.80 Å². The predicted octanol–water partition coefficient (Wildman–Crippen LogP) is 3.58. The molecule has 0 saturated carbocycles. The molecule has 0 unspecified atom stereocenters. The number of rotatable bonds is 3. The van der Waals surface area contributed by atoms with Gasteiger partial charge in [0, 0.05) is 32.7 Å². The third-order valence-corrected chi connectivity index (χ3v) is 6.54. The van der Waals surface area contributed by atoms with Crippen LogP contribution in [0, 0.1) is 0 Å². The number of nitrogens with zero attached hydrogens (tertiary/aromatic N) is 3. The van der Waals surface area contributed by atoms with Crippen LogP contribution in [0.3, 0.4) is 0 Å². The molecule has 156 valence electrons. The van der Waals surface area contributed by atoms with Gasteiger partial charge in [-0.2, -0.15) is 4.99 Å². The fourth-order valence-electron chi connectivity index (χ4n) is 3.81. The molecule has 3 aromatic rings. The smallest absolute Gasteiger partial charge is 0.286 e. The predicted molar refractivity (Wildman–Crippen MR) is 124 cm³/mol. The van der Waals surface area contributed by atoms with Gasteiger partial charge in [0.2, 0.25) is 0 Å². The molecule has 1 aromatic heterocycles. The summed E-state index contributed by atoms with van der Waals surface area (Å²) in [5.41, 5.74) is 2.05. The number of carbonyl (C=O) groups is 1. The van der Waals surface area contributed by atoms with Crippen molar-refractivity contribution >= 4 is 39.9 Å². The van der Waals surface area contributed by atoms with Gasteiger partial charge in [-0.3, -0.25) is 14.5 Å². The molecule has 0 aliphatic carbocycles. The summed E-state index contributed by atoms with van der Waals surface area (Å²) in [6.45, 7) is 4.39. The lowest BCUT2D eigenvalue weighted by Gasteiger charge is -2.35. The van der Waals surface area contributed by atoms with Crippen molar-refractivity contribution in [2.75, 3.05) is 26.2 Å². The van der Waals surface area contributed by atoms with Crippen LogP contribution in [0.5, 0.6) is 0 Å². The highest BCUT2D eigenvalue weighted by molar-refractivity contribution is 8.18. The molecule has 2 aliphatic rings. The van der Waals surface area contributed by atoms with Crippen molar-refractivity contribution in [3.05, 3.63) is 87.1 Å². The largest absolute Gasteiger partial charge is 0.463 e. The van der Waals surface area contributed by atoms with Crippen molar-refractivity contribution in [2.24, 2.45) is 4.99 Å². The number of benzene rings is 2. The number of hydrogen-bond donors (Lipinski definition) is 0. The normalized spacial score (nSPS) is 18.7. The Kier molecular flexibility index (Phi) is 5.44. The van der Waals surface area contributed by atoms with Crippen LogP contribution in [0.2, 0.25) is 0 Å². The zero-order chi connectivity index (χ0) is 21.2. The third-order valence-electron chi connectivity index (χ3n) is 5.49. The molecule has 1 fully saturated rings. The SMILES string of the molecule is O=C1N=C(N2CCN(Cc3ccccc3)CC2)S/C1=C\c1coc2ccccc2c1=O. The number of thioether (sulfide) groups is 1. The molecule has 1 saturated heterocycles. The molecule has 1 amide bonds. The Balaban J connectivity index is 1.26. The van der Waals surface area contributed by atoms with E-state index in [9.17, 15) is 9.59 Å². The summed E-state index contributed by atoms with van der Waals surface area (Å²) in [6, 6.07) is 17.5. The Morgan fingerprint density at radius 2 is 1.71 bits per heavy atom. The number of hydrogen-bond acceptors (Lipinski definition) is 6. The summed E-state index contributed by atoms with van der Waals surface area (Å²) < 4.78 is 5.55. The van der Waals surface area contributed by atoms with Crippen molar-refractivity contribution in [3.63, 3.8) is 0 Å². The van der Waals surface area contributed by atoms with Crippen LogP contribution in [0.15, 0.2) is 80.0 Å². The first-order valence-corrected chi connectivity index (χ1v) is 11.0. The van der Waals surface area contributed by atoms with Crippen LogP contribution >= 0.6 is 11.8 Å². The molecule has 2 aliphatic heterocycles. The Morgan fingerprint density at radius 3 is 2.52 bits per heavy atom. The van der Waals surface area contributed by atoms with E-state index in [1.165, 1.54) is 23.6 Å². The van der Waals surface area contributed by atoms with Crippen LogP contribution in [0.4, 0.5) is 0 Å². The molecule has 31 heavy (non-hydrogen) atoms. The quantitative estimate of drug-likeness (QED) is 0.591. The van der Waals surface area contributed by atoms with Gasteiger partial charge in [0.05, 0.1) is 15.9 Å². The van der Waals surface area contributed by atoms with E-state index in [0.29, 0.717) is 26.6 Å². The van der Waals surface area contributed by atoms with E-state index in [-0.39, 0.29) is 11.3 Å². The number of piperazine rings is 1. The zero-order valence-corrected chi connectivity index (χ0v) is 17.7. The van der Waals surface area contributed by atoms with Crippen LogP contribution in [-0.4, -0.2) is 47.1 Å². The average molecular weight is 432 g/mol. The van der Waals surface area contributed by atoms with Crippen molar-refractivity contribution in [3.8, 4) is 0 Å². The van der Waals surface area contributed by atoms with E-state index >= 15 is 0 Å². The molecule has 7 heteroatoms. The minimum atomic E-state index is -0.306. The summed E-state index contributed by atoms with van der Waals surface area (Å²) in [6.07, 6.45) is 3.00. The lowest BCUT2D eigenvalue weighted by Crippen LogP contribution is -2.47. The molecule has 3 heterocycles. The van der Waals surface area contributed by atoms with Gasteiger partial charge in [-0.1, -0.05) is 42.5 Å². The first-order valence-electron chi connectivity index (χ1n) is 10.2. The highest BCUT2D eigenvalue weighted by Crippen LogP contribution is 2.30. The standard InChI is InChI=1S/C24H21N3O3S/c28-22-18(16-30-20-9-5-4-8-19(20)22)14-21-23(29)25-24(31-21)27-12-10-26(11-13-27)15-17-6-2-1-3-7-17/h1-9,14,16H,10-13,15H2/b21-14-. The highest BCUT2D eigenvalue weighted by atomic mass is 32.2. The summed E-state index contributed by atoms with van der Waals surface area (Å²) in [5.74, 6) is -0.306. The van der Waals surface area contributed by atoms with Crippen molar-refractivity contribution < 1.29 is 9.21 Å². The monoisotopic (exact) mass is 431 g/mol. The van der Waals surface area contributed by atoms with Crippen LogP contribution in [-0.2, 0) is 11.3 Å². The van der Waals surface area contributed by atoms with E-state index in [1.54, 1.807) is 24.3 Å². The highest BCUT2D eigenvalue weighted by Gasteiger charge is 2.28. The molecule has 0 N–H and O–H groups in total. The lowest BCUT2D eigenvalue weighted by molar-refractivity contribution is -0.113. The first kappa shape index (κ1) is 19.8. The second-order valence-electron chi connectivity index (χ2n) is 7.58. The summed E-state index contributed by atoms with van der Waals surface area (Å²) in [4.78, 5) is 34.4. The fourth-order valence-corrected chi connectivity index (χ4v) is 4.76. The van der Waals surface area contributed by atoms with Gasteiger partial charge in [0.25, 0.3) is 5.91 Å². The number of aliphatic imine (C=N–C) groups is 1. The summed E-state index contributed by atoms with van der Waals surface area (Å²) in [5, 5.41) is 1.21. The molecular formula is C24H21N3O3S. The van der Waals surface area contributed by atoms with Gasteiger partial charge in [-0.05, 0) is 35.5 Å². The summed E-state index contributed by atoms with van der Waals surface area (Å²) >= 11 is 1.33. The molecule has 0 bridgehead atoms. The molecule has 6 nitrogen and oxygen atoms in total. The van der Waals surface area contributed by atoms with Crippen LogP contribution < -0.4 is 5.43 Å². The number of fused-ring (bicyclic) bond motifs is 1. The maximum atomic E-state index is 12.7. The average Bonchev–Trinajstić information content (AvgIpc) is 3.17. The number of para-hydroxylation sites is 1. The lowest BCUT2D eigenvalue weighted by atomic mass is 10.1. The molecular weight excluding hydrogens is 410 g/mol. The molecule has 0 spiro atoms. The minimum Gasteiger partial charge on any atom is -0.463 e. The van der Waals surface area contributed by atoms with Gasteiger partial charge < -0.3 is 9.32 Å². The van der Waals surface area contributed by atoms with Crippen LogP contribution in [0.25, 0.3) is 17.0 Å². The van der Waals surface area contributed by atoms with E-state index in [4.69, 9.17) is 4.42 Å². The molecule has 0 radical (unpaired) electrons. The fraction of sp³-hybridized carbons (Fsp3) is 0.208. The Bertz CT molecular complexity index is 1240. The van der Waals surface area contributed by atoms with E-state index in [1.807, 2.05) is 12.1 Å². The Hall–Kier alpha value is -3.16. The maximum Gasteiger partial charge on any atom is 0.286 e. The van der Waals surface area contributed by atoms with Gasteiger partial charge >= 0.3 is 0 Å². The zero-order valence-electron chi connectivity index (χ0n) is 16.9. The maximum absolute atomic E-state index is 12.7. The van der Waals surface area contributed by atoms with E-state index < -0.39 is 0 Å². The first-order chi connectivity index (χ1) is 15.2. The van der Waals surface area contributed by atoms with Crippen LogP contribution in [0.1, 0.15) is 11.1 Å². The second-order valence-corrected chi connectivity index (χ2v) is 8.58. The third kappa shape index (κ3) is 4.19. The molecule has 2 aromatic carbocycles. The number of amidine groups is 1. The number of amides is 1. The van der Waals surface area contributed by atoms with Gasteiger partial charge in [0.15, 0.2) is 10.6 Å². The summed E-state index contributed by atoms with van der Waals surface area (Å²) in [7, 11) is 0. The van der Waals surface area contributed by atoms with Gasteiger partial charge in [0.1, 0.15) is 11.8 Å². The molecule has 5 rings (SSSR count). The van der Waals surface area contributed by atoms with Crippen molar-refractivity contribution in [2.45, 2.75) is 6.54 Å².